The van der Waals surface area contributed by atoms with Crippen molar-refractivity contribution in [3.05, 3.63) is 11.3 Å². The standard InChI is InChI=1S/C9H13IN2O2/c1-6(2)12-4-3-7-8(5-12)14-11-9(7)13-10/h6H,3-5H2,1-2H3. The van der Waals surface area contributed by atoms with E-state index < -0.39 is 0 Å². The lowest BCUT2D eigenvalue weighted by atomic mass is 10.1. The normalized spacial score (nSPS) is 17.1. The molecule has 1 aliphatic heterocycles. The van der Waals surface area contributed by atoms with Gasteiger partial charge in [0.1, 0.15) is 0 Å². The van der Waals surface area contributed by atoms with Crippen LogP contribution in [0.3, 0.4) is 0 Å². The number of fused-ring (bicyclic) bond motifs is 1. The van der Waals surface area contributed by atoms with E-state index in [4.69, 9.17) is 7.59 Å². The van der Waals surface area contributed by atoms with E-state index in [0.29, 0.717) is 11.9 Å². The van der Waals surface area contributed by atoms with Gasteiger partial charge in [0, 0.05) is 12.6 Å². The lowest BCUT2D eigenvalue weighted by Gasteiger charge is -2.28. The Labute approximate surface area is 97.3 Å². The average molecular weight is 308 g/mol. The molecule has 0 aromatic carbocycles. The van der Waals surface area contributed by atoms with E-state index in [9.17, 15) is 0 Å². The molecular weight excluding hydrogens is 295 g/mol. The minimum Gasteiger partial charge on any atom is -0.405 e. The highest BCUT2D eigenvalue weighted by atomic mass is 127. The van der Waals surface area contributed by atoms with Gasteiger partial charge in [-0.05, 0) is 25.4 Å². The van der Waals surface area contributed by atoms with Gasteiger partial charge in [0.15, 0.2) is 28.8 Å². The van der Waals surface area contributed by atoms with Crippen molar-refractivity contribution in [2.75, 3.05) is 6.54 Å². The first-order chi connectivity index (χ1) is 6.72. The highest BCUT2D eigenvalue weighted by molar-refractivity contribution is 14.1. The number of halogens is 1. The van der Waals surface area contributed by atoms with Crippen LogP contribution in [0.1, 0.15) is 25.2 Å². The SMILES string of the molecule is CC(C)N1CCc2c(OI)noc2C1. The minimum absolute atomic E-state index is 0.553. The van der Waals surface area contributed by atoms with E-state index in [-0.39, 0.29) is 0 Å². The van der Waals surface area contributed by atoms with Gasteiger partial charge in [-0.3, -0.25) is 4.90 Å². The Morgan fingerprint density at radius 3 is 3.00 bits per heavy atom. The maximum atomic E-state index is 5.24. The van der Waals surface area contributed by atoms with Gasteiger partial charge in [0.05, 0.1) is 12.1 Å². The molecule has 78 valence electrons. The van der Waals surface area contributed by atoms with Crippen molar-refractivity contribution in [3.8, 4) is 5.88 Å². The van der Waals surface area contributed by atoms with Gasteiger partial charge < -0.3 is 7.59 Å². The Hall–Kier alpha value is -0.300. The summed E-state index contributed by atoms with van der Waals surface area (Å²) in [6, 6.07) is 0.553. The van der Waals surface area contributed by atoms with Gasteiger partial charge in [-0.2, -0.15) is 0 Å². The predicted octanol–water partition coefficient (Wildman–Crippen LogP) is 2.17. The van der Waals surface area contributed by atoms with E-state index in [1.54, 1.807) is 0 Å². The first-order valence-corrected chi connectivity index (χ1v) is 5.60. The maximum Gasteiger partial charge on any atom is 0.267 e. The highest BCUT2D eigenvalue weighted by Crippen LogP contribution is 2.28. The molecule has 1 aliphatic rings. The molecule has 2 rings (SSSR count). The zero-order chi connectivity index (χ0) is 10.1. The summed E-state index contributed by atoms with van der Waals surface area (Å²) in [6.07, 6.45) is 0.968. The van der Waals surface area contributed by atoms with Gasteiger partial charge in [0.25, 0.3) is 5.88 Å². The summed E-state index contributed by atoms with van der Waals surface area (Å²) in [5.74, 6) is 1.60. The van der Waals surface area contributed by atoms with Crippen LogP contribution in [0.5, 0.6) is 5.88 Å². The Morgan fingerprint density at radius 1 is 1.57 bits per heavy atom. The fraction of sp³-hybridized carbons (Fsp3) is 0.667. The largest absolute Gasteiger partial charge is 0.405 e. The van der Waals surface area contributed by atoms with Crippen LogP contribution in [0, 0.1) is 0 Å². The second-order valence-corrected chi connectivity index (χ2v) is 4.22. The quantitative estimate of drug-likeness (QED) is 0.785. The molecule has 4 nitrogen and oxygen atoms in total. The summed E-state index contributed by atoms with van der Waals surface area (Å²) in [4.78, 5) is 2.37. The lowest BCUT2D eigenvalue weighted by Crippen LogP contribution is -2.35. The summed E-state index contributed by atoms with van der Waals surface area (Å²) in [6.45, 7) is 6.28. The molecule has 0 saturated heterocycles. The molecule has 0 fully saturated rings. The summed E-state index contributed by atoms with van der Waals surface area (Å²) in [5, 5.41) is 3.88. The van der Waals surface area contributed by atoms with Gasteiger partial charge in [-0.25, -0.2) is 0 Å². The van der Waals surface area contributed by atoms with Gasteiger partial charge in [0.2, 0.25) is 0 Å². The van der Waals surface area contributed by atoms with Crippen LogP contribution in [-0.2, 0) is 13.0 Å². The van der Waals surface area contributed by atoms with Crippen molar-refractivity contribution in [3.63, 3.8) is 0 Å². The Morgan fingerprint density at radius 2 is 2.36 bits per heavy atom. The smallest absolute Gasteiger partial charge is 0.267 e. The Balaban J connectivity index is 2.20. The number of rotatable bonds is 2. The second kappa shape index (κ2) is 4.06. The highest BCUT2D eigenvalue weighted by Gasteiger charge is 2.25. The van der Waals surface area contributed by atoms with E-state index in [2.05, 4.69) is 23.9 Å². The number of aromatic nitrogens is 1. The van der Waals surface area contributed by atoms with E-state index in [1.807, 2.05) is 23.0 Å². The van der Waals surface area contributed by atoms with Crippen LogP contribution in [0.15, 0.2) is 4.52 Å². The average Bonchev–Trinajstić information content (AvgIpc) is 2.59. The summed E-state index contributed by atoms with van der Waals surface area (Å²) < 4.78 is 10.3. The van der Waals surface area contributed by atoms with Crippen LogP contribution in [0.4, 0.5) is 0 Å². The van der Waals surface area contributed by atoms with Crippen molar-refractivity contribution < 1.29 is 7.59 Å². The van der Waals surface area contributed by atoms with Crippen LogP contribution in [0.2, 0.25) is 0 Å². The molecule has 5 heteroatoms. The van der Waals surface area contributed by atoms with Crippen LogP contribution in [0.25, 0.3) is 0 Å². The maximum absolute atomic E-state index is 5.24. The summed E-state index contributed by atoms with van der Waals surface area (Å²) >= 11 is 1.84. The molecule has 0 atom stereocenters. The number of hydrogen-bond donors (Lipinski definition) is 0. The monoisotopic (exact) mass is 308 g/mol. The molecule has 1 aromatic rings. The number of nitrogens with zero attached hydrogens (tertiary/aromatic N) is 2. The first kappa shape index (κ1) is 10.2. The van der Waals surface area contributed by atoms with Crippen molar-refractivity contribution in [2.24, 2.45) is 0 Å². The Kier molecular flexibility index (Phi) is 2.96. The fourth-order valence-electron chi connectivity index (χ4n) is 1.72. The van der Waals surface area contributed by atoms with Crippen LogP contribution >= 0.6 is 23.0 Å². The Bertz CT molecular complexity index is 325. The zero-order valence-electron chi connectivity index (χ0n) is 8.29. The lowest BCUT2D eigenvalue weighted by molar-refractivity contribution is 0.177. The zero-order valence-corrected chi connectivity index (χ0v) is 10.4. The molecule has 2 heterocycles. The fourth-order valence-corrected chi connectivity index (χ4v) is 2.06. The molecule has 1 aromatic heterocycles. The molecule has 0 amide bonds. The van der Waals surface area contributed by atoms with E-state index in [1.165, 1.54) is 0 Å². The molecule has 0 N–H and O–H groups in total. The molecule has 14 heavy (non-hydrogen) atoms. The third-order valence-electron chi connectivity index (χ3n) is 2.63. The second-order valence-electron chi connectivity index (χ2n) is 3.78. The van der Waals surface area contributed by atoms with Gasteiger partial charge in [-0.1, -0.05) is 0 Å². The first-order valence-electron chi connectivity index (χ1n) is 4.72. The van der Waals surface area contributed by atoms with Crippen LogP contribution in [-0.4, -0.2) is 22.6 Å². The van der Waals surface area contributed by atoms with Crippen molar-refractivity contribution in [2.45, 2.75) is 32.9 Å². The van der Waals surface area contributed by atoms with Crippen molar-refractivity contribution in [1.29, 1.82) is 0 Å². The number of hydrogen-bond acceptors (Lipinski definition) is 4. The minimum atomic E-state index is 0.553. The molecule has 0 spiro atoms. The van der Waals surface area contributed by atoms with Gasteiger partial charge in [-0.15, -0.1) is 0 Å². The third-order valence-corrected chi connectivity index (χ3v) is 3.05. The molecule has 0 bridgehead atoms. The molecule has 0 radical (unpaired) electrons. The molecule has 0 saturated carbocycles. The van der Waals surface area contributed by atoms with E-state index in [0.717, 1.165) is 30.8 Å². The van der Waals surface area contributed by atoms with E-state index >= 15 is 0 Å². The summed E-state index contributed by atoms with van der Waals surface area (Å²) in [5.41, 5.74) is 1.14. The van der Waals surface area contributed by atoms with Gasteiger partial charge >= 0.3 is 0 Å². The topological polar surface area (TPSA) is 38.5 Å². The molecule has 0 unspecified atom stereocenters. The third kappa shape index (κ3) is 1.75. The van der Waals surface area contributed by atoms with Crippen LogP contribution < -0.4 is 3.07 Å². The molecular formula is C9H13IN2O2. The van der Waals surface area contributed by atoms with Crippen molar-refractivity contribution in [1.82, 2.24) is 10.1 Å². The molecule has 0 aliphatic carbocycles. The summed E-state index contributed by atoms with van der Waals surface area (Å²) in [7, 11) is 0. The van der Waals surface area contributed by atoms with Crippen molar-refractivity contribution >= 4 is 23.0 Å². The predicted molar refractivity (Wildman–Crippen MR) is 60.4 cm³/mol.